The summed E-state index contributed by atoms with van der Waals surface area (Å²) in [4.78, 5) is 38.7. The number of hydrogen-bond acceptors (Lipinski definition) is 7. The number of ether oxygens (including phenoxy) is 2. The quantitative estimate of drug-likeness (QED) is 0.268. The van der Waals surface area contributed by atoms with Crippen LogP contribution < -0.4 is 15.0 Å². The maximum absolute atomic E-state index is 13.4. The third-order valence-electron chi connectivity index (χ3n) is 7.37. The summed E-state index contributed by atoms with van der Waals surface area (Å²) in [6.07, 6.45) is -4.04. The van der Waals surface area contributed by atoms with E-state index < -0.39 is 30.1 Å². The summed E-state index contributed by atoms with van der Waals surface area (Å²) in [7, 11) is 0. The number of ketones is 1. The van der Waals surface area contributed by atoms with Crippen molar-refractivity contribution >= 4 is 22.7 Å². The molecule has 5 rings (SSSR count). The van der Waals surface area contributed by atoms with Crippen molar-refractivity contribution < 1.29 is 37.3 Å². The number of aromatic nitrogens is 3. The van der Waals surface area contributed by atoms with Gasteiger partial charge in [-0.1, -0.05) is 29.0 Å². The van der Waals surface area contributed by atoms with Crippen molar-refractivity contribution in [3.63, 3.8) is 0 Å². The summed E-state index contributed by atoms with van der Waals surface area (Å²) in [6, 6.07) is 16.8. The van der Waals surface area contributed by atoms with E-state index >= 15 is 0 Å². The number of rotatable bonds is 9. The topological polar surface area (TPSA) is 121 Å². The predicted molar refractivity (Wildman–Crippen MR) is 144 cm³/mol. The van der Waals surface area contributed by atoms with Gasteiger partial charge in [0.05, 0.1) is 17.8 Å². The number of carbonyl (C=O) groups is 2. The molecule has 1 aromatic heterocycles. The molecule has 3 unspecified atom stereocenters. The highest BCUT2D eigenvalue weighted by Crippen LogP contribution is 2.40. The van der Waals surface area contributed by atoms with E-state index in [1.54, 1.807) is 18.2 Å². The highest BCUT2D eigenvalue weighted by molar-refractivity contribution is 6.00. The fourth-order valence-electron chi connectivity index (χ4n) is 5.41. The third-order valence-corrected chi connectivity index (χ3v) is 7.37. The number of halogens is 3. The van der Waals surface area contributed by atoms with Gasteiger partial charge in [-0.3, -0.25) is 14.4 Å². The highest BCUT2D eigenvalue weighted by Gasteiger charge is 2.45. The Labute approximate surface area is 237 Å². The Balaban J connectivity index is 1.25. The first kappa shape index (κ1) is 28.8. The van der Waals surface area contributed by atoms with Gasteiger partial charge in [-0.25, -0.2) is 4.68 Å². The lowest BCUT2D eigenvalue weighted by Crippen LogP contribution is -2.34. The van der Waals surface area contributed by atoms with Gasteiger partial charge in [0.1, 0.15) is 23.6 Å². The van der Waals surface area contributed by atoms with Gasteiger partial charge in [0.2, 0.25) is 0 Å². The number of benzene rings is 3. The molecule has 9 nitrogen and oxygen atoms in total. The van der Waals surface area contributed by atoms with Gasteiger partial charge in [0.15, 0.2) is 5.78 Å². The Kier molecular flexibility index (Phi) is 7.97. The molecule has 0 spiro atoms. The van der Waals surface area contributed by atoms with E-state index in [1.807, 2.05) is 13.0 Å². The van der Waals surface area contributed by atoms with Crippen LogP contribution in [0.2, 0.25) is 0 Å². The van der Waals surface area contributed by atoms with Gasteiger partial charge < -0.3 is 14.6 Å². The number of carbonyl (C=O) groups excluding carboxylic acids is 1. The number of carboxylic acid groups (broad SMARTS) is 1. The van der Waals surface area contributed by atoms with Crippen LogP contribution in [0.15, 0.2) is 71.5 Å². The smallest absolute Gasteiger partial charge is 0.489 e. The summed E-state index contributed by atoms with van der Waals surface area (Å²) in [5.41, 5.74) is 1.72. The third kappa shape index (κ3) is 6.42. The number of alkyl halides is 3. The second-order valence-electron chi connectivity index (χ2n) is 10.3. The largest absolute Gasteiger partial charge is 0.573 e. The number of aliphatic carboxylic acids is 1. The van der Waals surface area contributed by atoms with Crippen LogP contribution in [-0.4, -0.2) is 38.2 Å². The lowest BCUT2D eigenvalue weighted by molar-refractivity contribution is -0.274. The lowest BCUT2D eigenvalue weighted by atomic mass is 9.84. The molecule has 0 amide bonds. The van der Waals surface area contributed by atoms with E-state index in [-0.39, 0.29) is 30.2 Å². The lowest BCUT2D eigenvalue weighted by Gasteiger charge is -2.20. The fourth-order valence-corrected chi connectivity index (χ4v) is 5.41. The zero-order chi connectivity index (χ0) is 30.0. The molecule has 1 heterocycles. The van der Waals surface area contributed by atoms with Crippen molar-refractivity contribution in [1.82, 2.24) is 15.0 Å². The van der Waals surface area contributed by atoms with E-state index in [0.717, 1.165) is 5.56 Å². The molecule has 1 aliphatic rings. The van der Waals surface area contributed by atoms with Crippen LogP contribution in [-0.2, 0) is 17.9 Å². The molecule has 42 heavy (non-hydrogen) atoms. The normalized spacial score (nSPS) is 18.6. The van der Waals surface area contributed by atoms with E-state index in [2.05, 4.69) is 15.0 Å². The van der Waals surface area contributed by atoms with Gasteiger partial charge in [-0.2, -0.15) is 0 Å². The van der Waals surface area contributed by atoms with E-state index in [0.29, 0.717) is 40.6 Å². The summed E-state index contributed by atoms with van der Waals surface area (Å²) in [6.45, 7) is 1.84. The zero-order valence-corrected chi connectivity index (χ0v) is 22.4. The average molecular weight is 582 g/mol. The Hall–Kier alpha value is -4.74. The van der Waals surface area contributed by atoms with Crippen LogP contribution in [0.3, 0.4) is 0 Å². The molecule has 218 valence electrons. The van der Waals surface area contributed by atoms with Crippen LogP contribution >= 0.6 is 0 Å². The van der Waals surface area contributed by atoms with Gasteiger partial charge in [0, 0.05) is 11.5 Å². The maximum Gasteiger partial charge on any atom is 0.573 e. The minimum atomic E-state index is -4.80. The van der Waals surface area contributed by atoms with Crippen LogP contribution in [0.25, 0.3) is 10.9 Å². The number of Topliss-reactive ketones (excluding diaryl/α,β-unsaturated/α-hetero) is 1. The molecule has 1 aliphatic carbocycles. The van der Waals surface area contributed by atoms with Crippen LogP contribution in [0.1, 0.15) is 34.3 Å². The Morgan fingerprint density at radius 3 is 2.50 bits per heavy atom. The number of aryl methyl sites for hydroxylation is 1. The molecule has 3 aromatic carbocycles. The molecule has 1 fully saturated rings. The average Bonchev–Trinajstić information content (AvgIpc) is 3.37. The molecular formula is C30H26F3N3O6. The van der Waals surface area contributed by atoms with Crippen LogP contribution in [0.4, 0.5) is 13.2 Å². The monoisotopic (exact) mass is 581 g/mol. The number of nitrogens with zero attached hydrogens (tertiary/aromatic N) is 3. The van der Waals surface area contributed by atoms with Crippen molar-refractivity contribution in [3.8, 4) is 11.5 Å². The van der Waals surface area contributed by atoms with E-state index in [9.17, 15) is 32.7 Å². The maximum atomic E-state index is 13.4. The zero-order valence-electron chi connectivity index (χ0n) is 22.4. The van der Waals surface area contributed by atoms with Crippen molar-refractivity contribution in [1.29, 1.82) is 0 Å². The van der Waals surface area contributed by atoms with Gasteiger partial charge in [-0.05, 0) is 79.8 Å². The minimum absolute atomic E-state index is 0.0262. The van der Waals surface area contributed by atoms with Crippen LogP contribution in [0, 0.1) is 24.7 Å². The summed E-state index contributed by atoms with van der Waals surface area (Å²) >= 11 is 0. The molecule has 1 saturated carbocycles. The van der Waals surface area contributed by atoms with Crippen LogP contribution in [0.5, 0.6) is 11.5 Å². The molecule has 0 radical (unpaired) electrons. The molecule has 0 saturated heterocycles. The van der Waals surface area contributed by atoms with Gasteiger partial charge in [-0.15, -0.1) is 18.3 Å². The Bertz CT molecular complexity index is 1690. The first-order chi connectivity index (χ1) is 20.0. The first-order valence-corrected chi connectivity index (χ1v) is 13.2. The van der Waals surface area contributed by atoms with Crippen molar-refractivity contribution in [2.45, 2.75) is 39.3 Å². The Morgan fingerprint density at radius 2 is 1.79 bits per heavy atom. The van der Waals surface area contributed by atoms with Gasteiger partial charge in [0.25, 0.3) is 5.56 Å². The summed E-state index contributed by atoms with van der Waals surface area (Å²) < 4.78 is 48.2. The molecule has 3 atom stereocenters. The molecule has 1 N–H and O–H groups in total. The number of hydrogen-bond donors (Lipinski definition) is 1. The minimum Gasteiger partial charge on any atom is -0.489 e. The van der Waals surface area contributed by atoms with Crippen molar-refractivity contribution in [2.75, 3.05) is 0 Å². The van der Waals surface area contributed by atoms with Crippen molar-refractivity contribution in [3.05, 3.63) is 93.8 Å². The molecule has 4 aromatic rings. The fraction of sp³-hybridized carbons (Fsp3) is 0.300. The summed E-state index contributed by atoms with van der Waals surface area (Å²) in [5, 5.41) is 18.5. The highest BCUT2D eigenvalue weighted by atomic mass is 19.4. The number of carboxylic acids is 1. The summed E-state index contributed by atoms with van der Waals surface area (Å²) in [5.74, 6) is -3.74. The molecule has 12 heteroatoms. The standard InChI is InChI=1S/C30H26F3N3O6/c1-17-5-12-25-24(13-17)28(38)36(35-34-25)15-20-8-11-23(26(20)29(39)40)27(37)19-6-9-21(10-7-19)41-16-18-3-2-4-22(14-18)42-30(31,32)33/h2-7,9-10,12-14,20,23,26H,8,11,15-16H2,1H3,(H,39,40). The second-order valence-corrected chi connectivity index (χ2v) is 10.3. The number of fused-ring (bicyclic) bond motifs is 1. The molecule has 0 bridgehead atoms. The SMILES string of the molecule is Cc1ccc2nnn(CC3CCC(C(=O)c4ccc(OCc5cccc(OC(F)(F)F)c5)cc4)C3C(=O)O)c(=O)c2c1. The molecule has 0 aliphatic heterocycles. The van der Waals surface area contributed by atoms with Gasteiger partial charge >= 0.3 is 12.3 Å². The van der Waals surface area contributed by atoms with E-state index in [1.165, 1.54) is 47.1 Å². The van der Waals surface area contributed by atoms with Crippen molar-refractivity contribution in [2.24, 2.45) is 17.8 Å². The second kappa shape index (κ2) is 11.6. The Morgan fingerprint density at radius 1 is 1.02 bits per heavy atom. The predicted octanol–water partition coefficient (Wildman–Crippen LogP) is 5.19. The van der Waals surface area contributed by atoms with E-state index in [4.69, 9.17) is 4.74 Å². The first-order valence-electron chi connectivity index (χ1n) is 13.2. The molecular weight excluding hydrogens is 555 g/mol.